The van der Waals surface area contributed by atoms with Crippen LogP contribution in [0.15, 0.2) is 40.5 Å². The molecule has 104 valence electrons. The van der Waals surface area contributed by atoms with Crippen LogP contribution < -0.4 is 5.56 Å². The van der Waals surface area contributed by atoms with Crippen LogP contribution in [0.3, 0.4) is 0 Å². The van der Waals surface area contributed by atoms with E-state index >= 15 is 0 Å². The fraction of sp³-hybridized carbons (Fsp3) is 0.125. The predicted molar refractivity (Wildman–Crippen MR) is 87.8 cm³/mol. The molecule has 0 spiro atoms. The Labute approximate surface area is 130 Å². The van der Waals surface area contributed by atoms with Crippen molar-refractivity contribution in [2.24, 2.45) is 0 Å². The van der Waals surface area contributed by atoms with Gasteiger partial charge in [-0.3, -0.25) is 9.36 Å². The lowest BCUT2D eigenvalue weighted by Crippen LogP contribution is -2.20. The smallest absolute Gasteiger partial charge is 0.261 e. The van der Waals surface area contributed by atoms with E-state index in [0.717, 1.165) is 17.8 Å². The molecule has 0 amide bonds. The Morgan fingerprint density at radius 2 is 2.24 bits per heavy atom. The Hall–Kier alpha value is -1.91. The third-order valence-corrected chi connectivity index (χ3v) is 4.72. The number of halogens is 1. The quantitative estimate of drug-likeness (QED) is 0.679. The lowest BCUT2D eigenvalue weighted by Gasteiger charge is -2.05. The average molecular weight is 315 g/mol. The zero-order valence-electron chi connectivity index (χ0n) is 11.0. The minimum Gasteiger partial charge on any atom is -0.292 e. The summed E-state index contributed by atoms with van der Waals surface area (Å²) < 4.78 is 1.76. The average Bonchev–Trinajstić information content (AvgIpc) is 3.10. The van der Waals surface area contributed by atoms with Gasteiger partial charge in [0.05, 0.1) is 10.9 Å². The van der Waals surface area contributed by atoms with Crippen LogP contribution >= 0.6 is 22.9 Å². The van der Waals surface area contributed by atoms with Crippen LogP contribution in [-0.2, 0) is 6.54 Å². The summed E-state index contributed by atoms with van der Waals surface area (Å²) in [6.07, 6.45) is 2.95. The molecular weight excluding hydrogens is 304 g/mol. The highest BCUT2D eigenvalue weighted by atomic mass is 35.5. The fourth-order valence-corrected chi connectivity index (χ4v) is 3.52. The summed E-state index contributed by atoms with van der Waals surface area (Å²) in [7, 11) is 0. The van der Waals surface area contributed by atoms with Crippen molar-refractivity contribution >= 4 is 45.5 Å². The Balaban J connectivity index is 1.96. The molecule has 0 radical (unpaired) electrons. The van der Waals surface area contributed by atoms with Crippen molar-refractivity contribution in [1.29, 1.82) is 0 Å². The minimum atomic E-state index is 0.0150. The molecule has 3 heterocycles. The van der Waals surface area contributed by atoms with Crippen molar-refractivity contribution in [3.63, 3.8) is 0 Å². The summed E-state index contributed by atoms with van der Waals surface area (Å²) in [5, 5.41) is 3.27. The highest BCUT2D eigenvalue weighted by Crippen LogP contribution is 2.29. The van der Waals surface area contributed by atoms with Crippen molar-refractivity contribution in [3.8, 4) is 0 Å². The number of fused-ring (bicyclic) bond motifs is 2. The number of rotatable bonds is 1. The van der Waals surface area contributed by atoms with E-state index in [1.54, 1.807) is 34.1 Å². The predicted octanol–water partition coefficient (Wildman–Crippen LogP) is 4.06. The van der Waals surface area contributed by atoms with Crippen molar-refractivity contribution in [1.82, 2.24) is 9.55 Å². The first-order chi connectivity index (χ1) is 10.2. The molecule has 21 heavy (non-hydrogen) atoms. The number of benzene rings is 1. The summed E-state index contributed by atoms with van der Waals surface area (Å²) in [6.45, 7) is 0.691. The van der Waals surface area contributed by atoms with E-state index in [4.69, 9.17) is 11.6 Å². The molecule has 5 heteroatoms. The van der Waals surface area contributed by atoms with E-state index < -0.39 is 0 Å². The lowest BCUT2D eigenvalue weighted by molar-refractivity contribution is 0.725. The van der Waals surface area contributed by atoms with Crippen molar-refractivity contribution in [2.75, 3.05) is 0 Å². The van der Waals surface area contributed by atoms with Crippen LogP contribution in [0.5, 0.6) is 0 Å². The topological polar surface area (TPSA) is 34.9 Å². The number of hydrogen-bond donors (Lipinski definition) is 0. The van der Waals surface area contributed by atoms with Crippen LogP contribution in [0.1, 0.15) is 17.1 Å². The molecule has 0 atom stereocenters. The standard InChI is InChI=1S/C16H11ClN2OS/c17-11-3-4-13-14(9-11)18-15-10(5-6-19(15)16(13)20)8-12-2-1-7-21-12/h1-4,7-9H,5-6H2/b10-8+. The second kappa shape index (κ2) is 4.83. The van der Waals surface area contributed by atoms with E-state index in [1.807, 2.05) is 11.4 Å². The largest absolute Gasteiger partial charge is 0.292 e. The number of thiophene rings is 1. The summed E-state index contributed by atoms with van der Waals surface area (Å²) in [4.78, 5) is 18.4. The van der Waals surface area contributed by atoms with E-state index in [9.17, 15) is 4.79 Å². The van der Waals surface area contributed by atoms with Gasteiger partial charge >= 0.3 is 0 Å². The minimum absolute atomic E-state index is 0.0150. The molecule has 1 aliphatic rings. The van der Waals surface area contributed by atoms with Gasteiger partial charge in [0.15, 0.2) is 0 Å². The third kappa shape index (κ3) is 2.11. The van der Waals surface area contributed by atoms with E-state index in [0.29, 0.717) is 22.5 Å². The second-order valence-corrected chi connectivity index (χ2v) is 6.40. The normalized spacial score (nSPS) is 15.8. The van der Waals surface area contributed by atoms with Gasteiger partial charge in [-0.2, -0.15) is 0 Å². The maximum Gasteiger partial charge on any atom is 0.261 e. The first kappa shape index (κ1) is 12.8. The number of allylic oxidation sites excluding steroid dienone is 1. The van der Waals surface area contributed by atoms with Crippen LogP contribution in [0, 0.1) is 0 Å². The van der Waals surface area contributed by atoms with E-state index in [1.165, 1.54) is 4.88 Å². The zero-order valence-corrected chi connectivity index (χ0v) is 12.6. The summed E-state index contributed by atoms with van der Waals surface area (Å²) in [6, 6.07) is 9.32. The molecule has 0 unspecified atom stereocenters. The first-order valence-electron chi connectivity index (χ1n) is 6.67. The van der Waals surface area contributed by atoms with Gasteiger partial charge in [0.1, 0.15) is 5.82 Å². The molecule has 2 aromatic heterocycles. The summed E-state index contributed by atoms with van der Waals surface area (Å²) in [5.41, 5.74) is 1.79. The van der Waals surface area contributed by atoms with Crippen LogP contribution in [0.4, 0.5) is 0 Å². The lowest BCUT2D eigenvalue weighted by atomic mass is 10.2. The van der Waals surface area contributed by atoms with Gasteiger partial charge in [-0.1, -0.05) is 17.7 Å². The molecule has 0 bridgehead atoms. The molecule has 0 saturated heterocycles. The van der Waals surface area contributed by atoms with Crippen LogP contribution in [0.25, 0.3) is 22.6 Å². The van der Waals surface area contributed by atoms with E-state index in [2.05, 4.69) is 17.1 Å². The maximum absolute atomic E-state index is 12.5. The van der Waals surface area contributed by atoms with Gasteiger partial charge in [-0.15, -0.1) is 11.3 Å². The third-order valence-electron chi connectivity index (χ3n) is 3.67. The summed E-state index contributed by atoms with van der Waals surface area (Å²) >= 11 is 7.69. The molecule has 1 aromatic carbocycles. The molecule has 3 nitrogen and oxygen atoms in total. The van der Waals surface area contributed by atoms with Gasteiger partial charge in [0, 0.05) is 16.4 Å². The Kier molecular flexibility index (Phi) is 2.94. The van der Waals surface area contributed by atoms with E-state index in [-0.39, 0.29) is 5.56 Å². The fourth-order valence-electron chi connectivity index (χ4n) is 2.67. The molecule has 0 aliphatic carbocycles. The molecule has 0 fully saturated rings. The molecule has 0 saturated carbocycles. The zero-order chi connectivity index (χ0) is 14.4. The van der Waals surface area contributed by atoms with Gasteiger partial charge in [-0.25, -0.2) is 4.98 Å². The van der Waals surface area contributed by atoms with Crippen molar-refractivity contribution in [2.45, 2.75) is 13.0 Å². The number of nitrogens with zero attached hydrogens (tertiary/aromatic N) is 2. The molecule has 3 aromatic rings. The van der Waals surface area contributed by atoms with Crippen LogP contribution in [0.2, 0.25) is 5.02 Å². The SMILES string of the molecule is O=c1c2ccc(Cl)cc2nc2n1CC/C2=C\c1cccs1. The number of aromatic nitrogens is 2. The Morgan fingerprint density at radius 1 is 1.33 bits per heavy atom. The first-order valence-corrected chi connectivity index (χ1v) is 7.93. The molecule has 1 aliphatic heterocycles. The number of hydrogen-bond acceptors (Lipinski definition) is 3. The van der Waals surface area contributed by atoms with Gasteiger partial charge in [0.25, 0.3) is 5.56 Å². The van der Waals surface area contributed by atoms with Crippen LogP contribution in [-0.4, -0.2) is 9.55 Å². The molecular formula is C16H11ClN2OS. The summed E-state index contributed by atoms with van der Waals surface area (Å²) in [5.74, 6) is 0.767. The second-order valence-electron chi connectivity index (χ2n) is 4.99. The highest BCUT2D eigenvalue weighted by molar-refractivity contribution is 7.10. The Bertz CT molecular complexity index is 925. The monoisotopic (exact) mass is 314 g/mol. The van der Waals surface area contributed by atoms with Crippen molar-refractivity contribution < 1.29 is 0 Å². The van der Waals surface area contributed by atoms with Crippen molar-refractivity contribution in [3.05, 3.63) is 61.8 Å². The molecule has 4 rings (SSSR count). The molecule has 0 N–H and O–H groups in total. The van der Waals surface area contributed by atoms with Gasteiger partial charge in [0.2, 0.25) is 0 Å². The highest BCUT2D eigenvalue weighted by Gasteiger charge is 2.20. The van der Waals surface area contributed by atoms with Gasteiger partial charge in [-0.05, 0) is 47.7 Å². The van der Waals surface area contributed by atoms with Gasteiger partial charge < -0.3 is 0 Å². The Morgan fingerprint density at radius 3 is 3.05 bits per heavy atom. The maximum atomic E-state index is 12.5.